The number of hydrogen-bond acceptors (Lipinski definition) is 2. The highest BCUT2D eigenvalue weighted by molar-refractivity contribution is 6.34. The monoisotopic (exact) mass is 240 g/mol. The highest BCUT2D eigenvalue weighted by Crippen LogP contribution is 2.26. The van der Waals surface area contributed by atoms with Gasteiger partial charge in [0.25, 0.3) is 0 Å². The molecule has 0 saturated carbocycles. The zero-order valence-electron chi connectivity index (χ0n) is 8.97. The van der Waals surface area contributed by atoms with E-state index in [-0.39, 0.29) is 0 Å². The third kappa shape index (κ3) is 1.87. The summed E-state index contributed by atoms with van der Waals surface area (Å²) in [5.74, 6) is 0. The van der Waals surface area contributed by atoms with Gasteiger partial charge in [-0.3, -0.25) is 4.98 Å². The van der Waals surface area contributed by atoms with Gasteiger partial charge in [0.1, 0.15) is 5.15 Å². The smallest absolute Gasteiger partial charge is 0.137 e. The van der Waals surface area contributed by atoms with Gasteiger partial charge in [0.05, 0.1) is 5.69 Å². The van der Waals surface area contributed by atoms with Gasteiger partial charge in [-0.25, -0.2) is 4.98 Å². The molecule has 0 aliphatic heterocycles. The lowest BCUT2D eigenvalue weighted by Gasteiger charge is -2.04. The van der Waals surface area contributed by atoms with Gasteiger partial charge >= 0.3 is 0 Å². The normalized spacial score (nSPS) is 10.6. The van der Waals surface area contributed by atoms with Gasteiger partial charge in [-0.1, -0.05) is 35.9 Å². The first kappa shape index (κ1) is 10.2. The van der Waals surface area contributed by atoms with Crippen molar-refractivity contribution >= 4 is 22.4 Å². The summed E-state index contributed by atoms with van der Waals surface area (Å²) in [6, 6.07) is 13.9. The lowest BCUT2D eigenvalue weighted by molar-refractivity contribution is 1.30. The fourth-order valence-corrected chi connectivity index (χ4v) is 2.09. The zero-order chi connectivity index (χ0) is 11.7. The SMILES string of the molecule is Clc1nc(-c2ccncc2)cc2ccccc12. The van der Waals surface area contributed by atoms with E-state index < -0.39 is 0 Å². The Balaban J connectivity index is 2.26. The summed E-state index contributed by atoms with van der Waals surface area (Å²) >= 11 is 6.19. The van der Waals surface area contributed by atoms with Crippen LogP contribution in [0, 0.1) is 0 Å². The quantitative estimate of drug-likeness (QED) is 0.602. The van der Waals surface area contributed by atoms with Gasteiger partial charge in [-0.2, -0.15) is 0 Å². The summed E-state index contributed by atoms with van der Waals surface area (Å²) in [5, 5.41) is 2.61. The van der Waals surface area contributed by atoms with Gasteiger partial charge in [0, 0.05) is 23.3 Å². The van der Waals surface area contributed by atoms with Gasteiger partial charge < -0.3 is 0 Å². The Morgan fingerprint density at radius 2 is 1.71 bits per heavy atom. The molecule has 3 aromatic rings. The van der Waals surface area contributed by atoms with Crippen molar-refractivity contribution in [1.82, 2.24) is 9.97 Å². The molecule has 0 bridgehead atoms. The highest BCUT2D eigenvalue weighted by Gasteiger charge is 2.05. The number of pyridine rings is 2. The van der Waals surface area contributed by atoms with E-state index in [1.165, 1.54) is 0 Å². The van der Waals surface area contributed by atoms with Crippen molar-refractivity contribution in [3.05, 3.63) is 60.0 Å². The summed E-state index contributed by atoms with van der Waals surface area (Å²) in [6.07, 6.45) is 3.50. The molecule has 0 aliphatic rings. The van der Waals surface area contributed by atoms with Gasteiger partial charge in [0.2, 0.25) is 0 Å². The molecule has 0 saturated heterocycles. The van der Waals surface area contributed by atoms with Crippen molar-refractivity contribution in [2.24, 2.45) is 0 Å². The molecule has 0 fully saturated rings. The Hall–Kier alpha value is -1.93. The molecule has 0 unspecified atom stereocenters. The van der Waals surface area contributed by atoms with Crippen LogP contribution in [0.1, 0.15) is 0 Å². The zero-order valence-corrected chi connectivity index (χ0v) is 9.72. The van der Waals surface area contributed by atoms with E-state index in [1.807, 2.05) is 42.5 Å². The molecule has 0 radical (unpaired) electrons. The Labute approximate surface area is 104 Å². The van der Waals surface area contributed by atoms with Crippen LogP contribution >= 0.6 is 11.6 Å². The maximum atomic E-state index is 6.19. The first-order valence-corrected chi connectivity index (χ1v) is 5.68. The van der Waals surface area contributed by atoms with Crippen molar-refractivity contribution in [3.8, 4) is 11.3 Å². The van der Waals surface area contributed by atoms with E-state index in [4.69, 9.17) is 11.6 Å². The van der Waals surface area contributed by atoms with Crippen LogP contribution in [-0.2, 0) is 0 Å². The van der Waals surface area contributed by atoms with Crippen LogP contribution in [0.4, 0.5) is 0 Å². The minimum atomic E-state index is 0.537. The Bertz CT molecular complexity index is 665. The average Bonchev–Trinajstić information content (AvgIpc) is 2.40. The third-order valence-corrected chi connectivity index (χ3v) is 2.96. The predicted molar refractivity (Wildman–Crippen MR) is 70.0 cm³/mol. The molecule has 0 N–H and O–H groups in total. The molecule has 1 aromatic carbocycles. The Kier molecular flexibility index (Phi) is 2.50. The van der Waals surface area contributed by atoms with Crippen LogP contribution in [0.2, 0.25) is 5.15 Å². The van der Waals surface area contributed by atoms with Crippen LogP contribution in [-0.4, -0.2) is 9.97 Å². The van der Waals surface area contributed by atoms with E-state index >= 15 is 0 Å². The summed E-state index contributed by atoms with van der Waals surface area (Å²) in [4.78, 5) is 8.40. The third-order valence-electron chi connectivity index (χ3n) is 2.67. The van der Waals surface area contributed by atoms with Crippen LogP contribution in [0.15, 0.2) is 54.9 Å². The van der Waals surface area contributed by atoms with Crippen molar-refractivity contribution in [3.63, 3.8) is 0 Å². The van der Waals surface area contributed by atoms with Crippen LogP contribution in [0.3, 0.4) is 0 Å². The minimum Gasteiger partial charge on any atom is -0.265 e. The topological polar surface area (TPSA) is 25.8 Å². The molecule has 3 rings (SSSR count). The first-order valence-electron chi connectivity index (χ1n) is 5.30. The average molecular weight is 241 g/mol. The number of nitrogens with zero attached hydrogens (tertiary/aromatic N) is 2. The molecule has 2 aromatic heterocycles. The Morgan fingerprint density at radius 1 is 0.941 bits per heavy atom. The molecule has 0 atom stereocenters. The summed E-state index contributed by atoms with van der Waals surface area (Å²) in [7, 11) is 0. The van der Waals surface area contributed by atoms with Crippen molar-refractivity contribution in [2.75, 3.05) is 0 Å². The number of benzene rings is 1. The standard InChI is InChI=1S/C14H9ClN2/c15-14-12-4-2-1-3-11(12)9-13(17-14)10-5-7-16-8-6-10/h1-9H. The number of rotatable bonds is 1. The summed E-state index contributed by atoms with van der Waals surface area (Å²) in [6.45, 7) is 0. The lowest BCUT2D eigenvalue weighted by atomic mass is 10.1. The fourth-order valence-electron chi connectivity index (χ4n) is 1.83. The second kappa shape index (κ2) is 4.15. The largest absolute Gasteiger partial charge is 0.265 e. The van der Waals surface area contributed by atoms with E-state index in [0.717, 1.165) is 22.0 Å². The molecule has 2 heterocycles. The predicted octanol–water partition coefficient (Wildman–Crippen LogP) is 3.95. The molecule has 3 heteroatoms. The lowest BCUT2D eigenvalue weighted by Crippen LogP contribution is -1.86. The van der Waals surface area contributed by atoms with E-state index in [1.54, 1.807) is 12.4 Å². The maximum Gasteiger partial charge on any atom is 0.137 e. The van der Waals surface area contributed by atoms with E-state index in [0.29, 0.717) is 5.15 Å². The summed E-state index contributed by atoms with van der Waals surface area (Å²) in [5.41, 5.74) is 1.89. The molecule has 17 heavy (non-hydrogen) atoms. The molecule has 0 aliphatic carbocycles. The van der Waals surface area contributed by atoms with E-state index in [9.17, 15) is 0 Å². The van der Waals surface area contributed by atoms with Crippen molar-refractivity contribution in [2.45, 2.75) is 0 Å². The first-order chi connectivity index (χ1) is 8.34. The van der Waals surface area contributed by atoms with Gasteiger partial charge in [-0.05, 0) is 23.6 Å². The highest BCUT2D eigenvalue weighted by atomic mass is 35.5. The second-order valence-corrected chi connectivity index (χ2v) is 4.11. The molecule has 0 amide bonds. The fraction of sp³-hybridized carbons (Fsp3) is 0. The molecular formula is C14H9ClN2. The second-order valence-electron chi connectivity index (χ2n) is 3.76. The number of hydrogen-bond donors (Lipinski definition) is 0. The van der Waals surface area contributed by atoms with Crippen LogP contribution in [0.25, 0.3) is 22.0 Å². The van der Waals surface area contributed by atoms with Gasteiger partial charge in [-0.15, -0.1) is 0 Å². The van der Waals surface area contributed by atoms with Crippen LogP contribution in [0.5, 0.6) is 0 Å². The van der Waals surface area contributed by atoms with E-state index in [2.05, 4.69) is 9.97 Å². The maximum absolute atomic E-state index is 6.19. The Morgan fingerprint density at radius 3 is 2.53 bits per heavy atom. The van der Waals surface area contributed by atoms with Crippen LogP contribution < -0.4 is 0 Å². The number of fused-ring (bicyclic) bond motifs is 1. The number of halogens is 1. The van der Waals surface area contributed by atoms with Crippen molar-refractivity contribution < 1.29 is 0 Å². The van der Waals surface area contributed by atoms with Crippen molar-refractivity contribution in [1.29, 1.82) is 0 Å². The molecule has 0 spiro atoms. The molecule has 2 nitrogen and oxygen atoms in total. The molecular weight excluding hydrogens is 232 g/mol. The summed E-state index contributed by atoms with van der Waals surface area (Å²) < 4.78 is 0. The van der Waals surface area contributed by atoms with Gasteiger partial charge in [0.15, 0.2) is 0 Å². The number of aromatic nitrogens is 2. The molecule has 82 valence electrons. The minimum absolute atomic E-state index is 0.537.